The van der Waals surface area contributed by atoms with E-state index in [1.54, 1.807) is 19.1 Å². The number of aryl methyl sites for hydroxylation is 1. The molecule has 1 atom stereocenters. The highest BCUT2D eigenvalue weighted by atomic mass is 16.6. The first kappa shape index (κ1) is 19.1. The predicted molar refractivity (Wildman–Crippen MR) is 89.9 cm³/mol. The van der Waals surface area contributed by atoms with Crippen LogP contribution in [-0.2, 0) is 9.59 Å². The number of carboxylic acid groups (broad SMARTS) is 1. The molecule has 0 radical (unpaired) electrons. The maximum Gasteiger partial charge on any atom is 0.326 e. The number of nitrogens with one attached hydrogen (secondary N) is 2. The highest BCUT2D eigenvalue weighted by Gasteiger charge is 2.18. The van der Waals surface area contributed by atoms with E-state index in [-0.39, 0.29) is 12.1 Å². The third-order valence-electron chi connectivity index (χ3n) is 3.27. The largest absolute Gasteiger partial charge is 0.480 e. The quantitative estimate of drug-likeness (QED) is 0.275. The highest BCUT2D eigenvalue weighted by Crippen LogP contribution is 2.25. The van der Waals surface area contributed by atoms with E-state index in [2.05, 4.69) is 10.6 Å². The number of nitrogens with zero attached hydrogens (tertiary/aromatic N) is 1. The lowest BCUT2D eigenvalue weighted by molar-refractivity contribution is -0.384. The summed E-state index contributed by atoms with van der Waals surface area (Å²) in [6.07, 6.45) is 3.42. The summed E-state index contributed by atoms with van der Waals surface area (Å²) in [4.78, 5) is 33.1. The molecule has 0 bridgehead atoms. The van der Waals surface area contributed by atoms with Crippen molar-refractivity contribution in [1.82, 2.24) is 5.32 Å². The van der Waals surface area contributed by atoms with Crippen molar-refractivity contribution < 1.29 is 19.6 Å². The molecular weight excluding hydrogens is 314 g/mol. The van der Waals surface area contributed by atoms with Gasteiger partial charge in [-0.05, 0) is 44.4 Å². The highest BCUT2D eigenvalue weighted by molar-refractivity contribution is 5.90. The van der Waals surface area contributed by atoms with Crippen molar-refractivity contribution in [1.29, 1.82) is 0 Å². The second-order valence-corrected chi connectivity index (χ2v) is 5.25. The van der Waals surface area contributed by atoms with E-state index in [1.165, 1.54) is 18.2 Å². The first-order chi connectivity index (χ1) is 11.3. The average molecular weight is 335 g/mol. The molecule has 0 saturated carbocycles. The number of carbonyl (C=O) groups is 2. The number of anilines is 1. The summed E-state index contributed by atoms with van der Waals surface area (Å²) in [5.74, 6) is -1.58. The molecule has 0 aliphatic carbocycles. The second kappa shape index (κ2) is 9.29. The number of hydrogen-bond donors (Lipinski definition) is 3. The maximum absolute atomic E-state index is 11.4. The normalized spacial score (nSPS) is 11.9. The molecule has 130 valence electrons. The van der Waals surface area contributed by atoms with Crippen LogP contribution in [-0.4, -0.2) is 34.5 Å². The predicted octanol–water partition coefficient (Wildman–Crippen LogP) is 2.24. The number of carboxylic acids is 1. The molecule has 3 N–H and O–H groups in total. The van der Waals surface area contributed by atoms with Gasteiger partial charge in [-0.25, -0.2) is 4.79 Å². The molecule has 1 aromatic carbocycles. The Kier molecular flexibility index (Phi) is 7.41. The topological polar surface area (TPSA) is 122 Å². The van der Waals surface area contributed by atoms with Gasteiger partial charge < -0.3 is 15.7 Å². The van der Waals surface area contributed by atoms with Crippen molar-refractivity contribution in [2.75, 3.05) is 11.9 Å². The van der Waals surface area contributed by atoms with Crippen molar-refractivity contribution in [3.05, 3.63) is 46.0 Å². The standard InChI is InChI=1S/C16H21N3O5/c1-3-5-15(20)18-12(16(21)22)6-4-9-17-13-10-11(2)7-8-14(13)19(23)24/h3,5,7-8,10,12,17H,4,6,9H2,1-2H3,(H,18,20)(H,21,22)/b5-3+/t12-/m0/s1. The van der Waals surface area contributed by atoms with Crippen LogP contribution >= 0.6 is 0 Å². The summed E-state index contributed by atoms with van der Waals surface area (Å²) < 4.78 is 0. The van der Waals surface area contributed by atoms with E-state index in [9.17, 15) is 19.7 Å². The lowest BCUT2D eigenvalue weighted by atomic mass is 10.1. The Bertz CT molecular complexity index is 643. The zero-order chi connectivity index (χ0) is 18.1. The van der Waals surface area contributed by atoms with E-state index < -0.39 is 22.8 Å². The van der Waals surface area contributed by atoms with Gasteiger partial charge in [0.15, 0.2) is 0 Å². The van der Waals surface area contributed by atoms with Crippen LogP contribution in [0.4, 0.5) is 11.4 Å². The molecule has 0 saturated heterocycles. The van der Waals surface area contributed by atoms with Gasteiger partial charge in [0.2, 0.25) is 5.91 Å². The minimum Gasteiger partial charge on any atom is -0.480 e. The molecule has 0 aromatic heterocycles. The zero-order valence-electron chi connectivity index (χ0n) is 13.6. The van der Waals surface area contributed by atoms with Gasteiger partial charge in [-0.3, -0.25) is 14.9 Å². The Morgan fingerprint density at radius 1 is 1.42 bits per heavy atom. The first-order valence-corrected chi connectivity index (χ1v) is 7.50. The van der Waals surface area contributed by atoms with Crippen molar-refractivity contribution in [2.24, 2.45) is 0 Å². The number of rotatable bonds is 9. The molecule has 24 heavy (non-hydrogen) atoms. The van der Waals surface area contributed by atoms with E-state index in [4.69, 9.17) is 5.11 Å². The molecule has 0 aliphatic rings. The monoisotopic (exact) mass is 335 g/mol. The van der Waals surface area contributed by atoms with Gasteiger partial charge in [0.25, 0.3) is 5.69 Å². The third kappa shape index (κ3) is 6.07. The van der Waals surface area contributed by atoms with Gasteiger partial charge in [-0.15, -0.1) is 0 Å². The molecule has 1 amide bonds. The number of allylic oxidation sites excluding steroid dienone is 1. The van der Waals surface area contributed by atoms with Gasteiger partial charge in [0.05, 0.1) is 4.92 Å². The van der Waals surface area contributed by atoms with Gasteiger partial charge in [-0.2, -0.15) is 0 Å². The fourth-order valence-corrected chi connectivity index (χ4v) is 2.11. The number of benzene rings is 1. The van der Waals surface area contributed by atoms with Crippen LogP contribution in [0.15, 0.2) is 30.4 Å². The Balaban J connectivity index is 2.57. The summed E-state index contributed by atoms with van der Waals surface area (Å²) in [5, 5.41) is 25.4. The van der Waals surface area contributed by atoms with E-state index in [0.717, 1.165) is 5.56 Å². The van der Waals surface area contributed by atoms with E-state index in [1.807, 2.05) is 6.92 Å². The second-order valence-electron chi connectivity index (χ2n) is 5.25. The number of hydrogen-bond acceptors (Lipinski definition) is 5. The Labute approximate surface area is 139 Å². The van der Waals surface area contributed by atoms with Crippen LogP contribution < -0.4 is 10.6 Å². The number of nitro groups is 1. The SMILES string of the molecule is C/C=C/C(=O)N[C@@H](CCCNc1cc(C)ccc1[N+](=O)[O-])C(=O)O. The minimum atomic E-state index is -1.12. The average Bonchev–Trinajstić information content (AvgIpc) is 2.50. The smallest absolute Gasteiger partial charge is 0.326 e. The van der Waals surface area contributed by atoms with Crippen molar-refractivity contribution >= 4 is 23.3 Å². The lowest BCUT2D eigenvalue weighted by Gasteiger charge is -2.14. The summed E-state index contributed by atoms with van der Waals surface area (Å²) in [6, 6.07) is 3.75. The molecule has 0 unspecified atom stereocenters. The summed E-state index contributed by atoms with van der Waals surface area (Å²) >= 11 is 0. The number of aliphatic carboxylic acids is 1. The molecule has 1 aromatic rings. The third-order valence-corrected chi connectivity index (χ3v) is 3.27. The summed E-state index contributed by atoms with van der Waals surface area (Å²) in [5.41, 5.74) is 1.24. The van der Waals surface area contributed by atoms with E-state index >= 15 is 0 Å². The van der Waals surface area contributed by atoms with E-state index in [0.29, 0.717) is 18.7 Å². The van der Waals surface area contributed by atoms with Crippen LogP contribution in [0.25, 0.3) is 0 Å². The summed E-state index contributed by atoms with van der Waals surface area (Å²) in [6.45, 7) is 3.84. The number of amides is 1. The van der Waals surface area contributed by atoms with Gasteiger partial charge in [0.1, 0.15) is 11.7 Å². The minimum absolute atomic E-state index is 0.0308. The van der Waals surface area contributed by atoms with Crippen molar-refractivity contribution in [3.8, 4) is 0 Å². The molecular formula is C16H21N3O5. The molecule has 1 rings (SSSR count). The van der Waals surface area contributed by atoms with Crippen LogP contribution in [0.1, 0.15) is 25.3 Å². The number of carbonyl (C=O) groups excluding carboxylic acids is 1. The molecule has 0 fully saturated rings. The van der Waals surface area contributed by atoms with Crippen LogP contribution in [0.2, 0.25) is 0 Å². The molecule has 0 aliphatic heterocycles. The Morgan fingerprint density at radius 3 is 2.71 bits per heavy atom. The van der Waals surface area contributed by atoms with Crippen LogP contribution in [0.3, 0.4) is 0 Å². The molecule has 8 nitrogen and oxygen atoms in total. The van der Waals surface area contributed by atoms with Crippen molar-refractivity contribution in [3.63, 3.8) is 0 Å². The van der Waals surface area contributed by atoms with Crippen LogP contribution in [0.5, 0.6) is 0 Å². The zero-order valence-corrected chi connectivity index (χ0v) is 13.6. The molecule has 0 heterocycles. The van der Waals surface area contributed by atoms with Gasteiger partial charge in [-0.1, -0.05) is 12.1 Å². The van der Waals surface area contributed by atoms with Crippen LogP contribution in [0, 0.1) is 17.0 Å². The Morgan fingerprint density at radius 2 is 2.12 bits per heavy atom. The Hall–Kier alpha value is -2.90. The number of nitro benzene ring substituents is 1. The van der Waals surface area contributed by atoms with Gasteiger partial charge >= 0.3 is 5.97 Å². The van der Waals surface area contributed by atoms with Crippen molar-refractivity contribution in [2.45, 2.75) is 32.7 Å². The summed E-state index contributed by atoms with van der Waals surface area (Å²) in [7, 11) is 0. The lowest BCUT2D eigenvalue weighted by Crippen LogP contribution is -2.40. The molecule has 8 heteroatoms. The molecule has 0 spiro atoms. The fraction of sp³-hybridized carbons (Fsp3) is 0.375. The fourth-order valence-electron chi connectivity index (χ4n) is 2.11. The maximum atomic E-state index is 11.4. The van der Waals surface area contributed by atoms with Gasteiger partial charge in [0, 0.05) is 12.6 Å². The first-order valence-electron chi connectivity index (χ1n) is 7.50.